The van der Waals surface area contributed by atoms with Gasteiger partial charge in [-0.3, -0.25) is 4.90 Å². The lowest BCUT2D eigenvalue weighted by Crippen LogP contribution is -2.50. The molecule has 0 N–H and O–H groups in total. The third-order valence-corrected chi connectivity index (χ3v) is 7.42. The van der Waals surface area contributed by atoms with Crippen LogP contribution in [-0.2, 0) is 24.5 Å². The van der Waals surface area contributed by atoms with E-state index >= 15 is 0 Å². The zero-order chi connectivity index (χ0) is 28.5. The number of fused-ring (bicyclic) bond motifs is 1. The highest BCUT2D eigenvalue weighted by molar-refractivity contribution is 5.70. The van der Waals surface area contributed by atoms with E-state index < -0.39 is 47.4 Å². The first-order chi connectivity index (χ1) is 19.1. The molecule has 0 aliphatic carbocycles. The van der Waals surface area contributed by atoms with Crippen LogP contribution in [-0.4, -0.2) is 53.3 Å². The van der Waals surface area contributed by atoms with E-state index in [0.717, 1.165) is 16.7 Å². The molecule has 0 aromatic heterocycles. The lowest BCUT2D eigenvalue weighted by atomic mass is 9.80. The van der Waals surface area contributed by atoms with Crippen molar-refractivity contribution < 1.29 is 23.7 Å². The van der Waals surface area contributed by atoms with Gasteiger partial charge in [0.05, 0.1) is 18.7 Å². The maximum absolute atomic E-state index is 13.7. The Labute approximate surface area is 237 Å². The minimum absolute atomic E-state index is 0.170. The maximum atomic E-state index is 13.7. The number of carbonyl (C=O) groups excluding carboxylic acids is 1. The summed E-state index contributed by atoms with van der Waals surface area (Å²) in [7, 11) is 0. The molecule has 4 atom stereocenters. The van der Waals surface area contributed by atoms with Crippen molar-refractivity contribution in [1.82, 2.24) is 4.90 Å². The SMILES string of the molecule is C=C[C@H]1[C@@H]2OC(C)(C)O[C@@H]2[C@@H](COC(c2ccccc2)(c2ccccc2)c2ccccc2)N1C(=O)OC(C)(C)C. The third-order valence-electron chi connectivity index (χ3n) is 7.42. The van der Waals surface area contributed by atoms with Gasteiger partial charge in [0.15, 0.2) is 5.79 Å². The van der Waals surface area contributed by atoms with Crippen LogP contribution in [0, 0.1) is 0 Å². The van der Waals surface area contributed by atoms with E-state index in [2.05, 4.69) is 43.0 Å². The van der Waals surface area contributed by atoms with E-state index in [1.165, 1.54) is 0 Å². The molecule has 2 heterocycles. The second kappa shape index (κ2) is 10.8. The van der Waals surface area contributed by atoms with Gasteiger partial charge < -0.3 is 18.9 Å². The Kier molecular flexibility index (Phi) is 7.62. The number of carbonyl (C=O) groups is 1. The molecule has 2 aliphatic heterocycles. The molecule has 40 heavy (non-hydrogen) atoms. The lowest BCUT2D eigenvalue weighted by Gasteiger charge is -2.39. The summed E-state index contributed by atoms with van der Waals surface area (Å²) in [6, 6.07) is 29.6. The van der Waals surface area contributed by atoms with Gasteiger partial charge in [-0.05, 0) is 51.3 Å². The van der Waals surface area contributed by atoms with Crippen LogP contribution in [0.3, 0.4) is 0 Å². The molecular formula is C34H39NO5. The topological polar surface area (TPSA) is 57.2 Å². The van der Waals surface area contributed by atoms with Crippen molar-refractivity contribution in [2.45, 2.75) is 75.9 Å². The first kappa shape index (κ1) is 28.1. The molecule has 5 rings (SSSR count). The summed E-state index contributed by atoms with van der Waals surface area (Å²) in [5.74, 6) is -0.801. The lowest BCUT2D eigenvalue weighted by molar-refractivity contribution is -0.169. The summed E-state index contributed by atoms with van der Waals surface area (Å²) in [5, 5.41) is 0. The molecule has 2 aliphatic rings. The number of benzene rings is 3. The monoisotopic (exact) mass is 541 g/mol. The van der Waals surface area contributed by atoms with E-state index in [1.54, 1.807) is 11.0 Å². The third kappa shape index (κ3) is 5.31. The molecule has 1 amide bonds. The van der Waals surface area contributed by atoms with Crippen LogP contribution in [0.1, 0.15) is 51.3 Å². The number of ether oxygens (including phenoxy) is 4. The highest BCUT2D eigenvalue weighted by Crippen LogP contribution is 2.45. The van der Waals surface area contributed by atoms with Crippen LogP contribution >= 0.6 is 0 Å². The van der Waals surface area contributed by atoms with Gasteiger partial charge in [0, 0.05) is 0 Å². The fourth-order valence-corrected chi connectivity index (χ4v) is 5.89. The minimum Gasteiger partial charge on any atom is -0.444 e. The van der Waals surface area contributed by atoms with Crippen molar-refractivity contribution >= 4 is 6.09 Å². The van der Waals surface area contributed by atoms with Crippen molar-refractivity contribution in [2.24, 2.45) is 0 Å². The molecule has 0 radical (unpaired) electrons. The number of rotatable bonds is 7. The summed E-state index contributed by atoms with van der Waals surface area (Å²) in [5.41, 5.74) is 1.33. The standard InChI is InChI=1S/C34H39NO5/c1-7-27-29-30(39-33(5,6)38-29)28(35(27)31(36)40-32(2,3)4)23-37-34(24-17-11-8-12-18-24,25-19-13-9-14-20-25)26-21-15-10-16-22-26/h7-22,27-30H,1,23H2,2-6H3/t27-,28+,29-,30+/m0/s1. The molecule has 0 saturated carbocycles. The Morgan fingerprint density at radius 3 is 1.73 bits per heavy atom. The van der Waals surface area contributed by atoms with Gasteiger partial charge in [0.25, 0.3) is 0 Å². The normalized spacial score (nSPS) is 24.0. The first-order valence-corrected chi connectivity index (χ1v) is 13.9. The molecule has 0 spiro atoms. The van der Waals surface area contributed by atoms with Crippen LogP contribution in [0.2, 0.25) is 0 Å². The summed E-state index contributed by atoms with van der Waals surface area (Å²) < 4.78 is 25.7. The molecule has 0 bridgehead atoms. The van der Waals surface area contributed by atoms with E-state index in [9.17, 15) is 4.79 Å². The van der Waals surface area contributed by atoms with Crippen LogP contribution in [0.4, 0.5) is 4.79 Å². The van der Waals surface area contributed by atoms with E-state index in [-0.39, 0.29) is 6.61 Å². The number of likely N-dealkylation sites (tertiary alicyclic amines) is 1. The van der Waals surface area contributed by atoms with E-state index in [4.69, 9.17) is 18.9 Å². The van der Waals surface area contributed by atoms with E-state index in [0.29, 0.717) is 0 Å². The predicted molar refractivity (Wildman–Crippen MR) is 155 cm³/mol. The Morgan fingerprint density at radius 1 is 0.850 bits per heavy atom. The van der Waals surface area contributed by atoms with Crippen molar-refractivity contribution in [3.8, 4) is 0 Å². The molecule has 2 saturated heterocycles. The first-order valence-electron chi connectivity index (χ1n) is 13.9. The smallest absolute Gasteiger partial charge is 0.411 e. The second-order valence-electron chi connectivity index (χ2n) is 11.8. The summed E-state index contributed by atoms with van der Waals surface area (Å²) in [6.45, 7) is 13.6. The Balaban J connectivity index is 1.61. The van der Waals surface area contributed by atoms with Crippen LogP contribution in [0.5, 0.6) is 0 Å². The van der Waals surface area contributed by atoms with Gasteiger partial charge in [-0.1, -0.05) is 97.1 Å². The number of hydrogen-bond acceptors (Lipinski definition) is 5. The van der Waals surface area contributed by atoms with Crippen molar-refractivity contribution in [3.05, 3.63) is 120 Å². The van der Waals surface area contributed by atoms with Crippen molar-refractivity contribution in [1.29, 1.82) is 0 Å². The van der Waals surface area contributed by atoms with Gasteiger partial charge in [-0.25, -0.2) is 4.79 Å². The summed E-state index contributed by atoms with van der Waals surface area (Å²) in [6.07, 6.45) is 0.472. The fourth-order valence-electron chi connectivity index (χ4n) is 5.89. The summed E-state index contributed by atoms with van der Waals surface area (Å²) >= 11 is 0. The van der Waals surface area contributed by atoms with Gasteiger partial charge in [-0.15, -0.1) is 6.58 Å². The predicted octanol–water partition coefficient (Wildman–Crippen LogP) is 6.69. The second-order valence-corrected chi connectivity index (χ2v) is 11.8. The average Bonchev–Trinajstić information content (AvgIpc) is 3.39. The number of amides is 1. The zero-order valence-corrected chi connectivity index (χ0v) is 23.9. The summed E-state index contributed by atoms with van der Waals surface area (Å²) in [4.78, 5) is 15.3. The number of nitrogens with zero attached hydrogens (tertiary/aromatic N) is 1. The Hall–Kier alpha value is -3.45. The molecule has 0 unspecified atom stereocenters. The maximum Gasteiger partial charge on any atom is 0.411 e. The van der Waals surface area contributed by atoms with Gasteiger partial charge in [0.2, 0.25) is 0 Å². The fraction of sp³-hybridized carbons (Fsp3) is 0.382. The van der Waals surface area contributed by atoms with Gasteiger partial charge >= 0.3 is 6.09 Å². The molecule has 6 nitrogen and oxygen atoms in total. The van der Waals surface area contributed by atoms with Crippen molar-refractivity contribution in [2.75, 3.05) is 6.61 Å². The molecule has 3 aromatic carbocycles. The Bertz CT molecular complexity index is 1210. The van der Waals surface area contributed by atoms with Crippen LogP contribution in [0.25, 0.3) is 0 Å². The largest absolute Gasteiger partial charge is 0.444 e. The van der Waals surface area contributed by atoms with Gasteiger partial charge in [-0.2, -0.15) is 0 Å². The van der Waals surface area contributed by atoms with E-state index in [1.807, 2.05) is 89.2 Å². The molecular weight excluding hydrogens is 502 g/mol. The quantitative estimate of drug-likeness (QED) is 0.246. The molecule has 6 heteroatoms. The van der Waals surface area contributed by atoms with Crippen LogP contribution in [0.15, 0.2) is 104 Å². The average molecular weight is 542 g/mol. The molecule has 2 fully saturated rings. The number of hydrogen-bond donors (Lipinski definition) is 0. The molecule has 3 aromatic rings. The van der Waals surface area contributed by atoms with Crippen molar-refractivity contribution in [3.63, 3.8) is 0 Å². The van der Waals surface area contributed by atoms with Crippen LogP contribution < -0.4 is 0 Å². The minimum atomic E-state index is -0.944. The zero-order valence-electron chi connectivity index (χ0n) is 23.9. The highest BCUT2D eigenvalue weighted by atomic mass is 16.8. The molecule has 210 valence electrons. The van der Waals surface area contributed by atoms with Gasteiger partial charge in [0.1, 0.15) is 23.4 Å². The Morgan fingerprint density at radius 2 is 1.30 bits per heavy atom. The highest BCUT2D eigenvalue weighted by Gasteiger charge is 2.59.